The van der Waals surface area contributed by atoms with E-state index in [1.165, 1.54) is 0 Å². The number of methoxy groups -OCH3 is 2. The summed E-state index contributed by atoms with van der Waals surface area (Å²) in [6.45, 7) is 2.75. The third kappa shape index (κ3) is 3.87. The van der Waals surface area contributed by atoms with Gasteiger partial charge in [-0.3, -0.25) is 9.59 Å². The van der Waals surface area contributed by atoms with Gasteiger partial charge in [0.1, 0.15) is 17.6 Å². The topological polar surface area (TPSA) is 68.3 Å². The minimum absolute atomic E-state index is 0.0487. The quantitative estimate of drug-likeness (QED) is 0.817. The molecule has 1 atom stereocenters. The highest BCUT2D eigenvalue weighted by Gasteiger charge is 2.31. The second-order valence-electron chi connectivity index (χ2n) is 6.22. The summed E-state index contributed by atoms with van der Waals surface area (Å²) in [5, 5.41) is 0. The van der Waals surface area contributed by atoms with E-state index in [1.54, 1.807) is 42.2 Å². The van der Waals surface area contributed by atoms with Crippen LogP contribution in [-0.4, -0.2) is 74.7 Å². The zero-order chi connectivity index (χ0) is 17.8. The average molecular weight is 348 g/mol. The van der Waals surface area contributed by atoms with E-state index in [0.29, 0.717) is 49.8 Å². The standard InChI is InChI=1S/C18H24N2O5/c1-23-14-10-13(11-15(12-14)24-2)17(21)19-5-7-20(8-6-19)18(22)16-4-3-9-25-16/h10-12,16H,3-9H2,1-2H3. The van der Waals surface area contributed by atoms with Crippen LogP contribution in [0.5, 0.6) is 11.5 Å². The van der Waals surface area contributed by atoms with E-state index < -0.39 is 0 Å². The zero-order valence-electron chi connectivity index (χ0n) is 14.7. The first-order chi connectivity index (χ1) is 12.1. The number of nitrogens with zero attached hydrogens (tertiary/aromatic N) is 2. The fraction of sp³-hybridized carbons (Fsp3) is 0.556. The highest BCUT2D eigenvalue weighted by molar-refractivity contribution is 5.95. The number of benzene rings is 1. The van der Waals surface area contributed by atoms with Crippen molar-refractivity contribution in [2.45, 2.75) is 18.9 Å². The van der Waals surface area contributed by atoms with Gasteiger partial charge in [-0.25, -0.2) is 0 Å². The third-order valence-electron chi connectivity index (χ3n) is 4.68. The van der Waals surface area contributed by atoms with Gasteiger partial charge < -0.3 is 24.0 Å². The molecule has 7 nitrogen and oxygen atoms in total. The van der Waals surface area contributed by atoms with Crippen LogP contribution in [0.15, 0.2) is 18.2 Å². The number of hydrogen-bond acceptors (Lipinski definition) is 5. The van der Waals surface area contributed by atoms with Gasteiger partial charge in [0.15, 0.2) is 0 Å². The molecular formula is C18H24N2O5. The summed E-state index contributed by atoms with van der Waals surface area (Å²) in [6, 6.07) is 5.14. The van der Waals surface area contributed by atoms with E-state index in [-0.39, 0.29) is 17.9 Å². The van der Waals surface area contributed by atoms with Crippen molar-refractivity contribution in [3.63, 3.8) is 0 Å². The fourth-order valence-electron chi connectivity index (χ4n) is 3.22. The normalized spacial score (nSPS) is 20.5. The summed E-state index contributed by atoms with van der Waals surface area (Å²) in [7, 11) is 3.11. The third-order valence-corrected chi connectivity index (χ3v) is 4.68. The van der Waals surface area contributed by atoms with Crippen molar-refractivity contribution < 1.29 is 23.8 Å². The van der Waals surface area contributed by atoms with E-state index in [1.807, 2.05) is 0 Å². The number of carbonyl (C=O) groups excluding carboxylic acids is 2. The maximum Gasteiger partial charge on any atom is 0.254 e. The molecule has 2 saturated heterocycles. The molecular weight excluding hydrogens is 324 g/mol. The van der Waals surface area contributed by atoms with Crippen LogP contribution >= 0.6 is 0 Å². The lowest BCUT2D eigenvalue weighted by Gasteiger charge is -2.35. The molecule has 1 aromatic carbocycles. The molecule has 0 aliphatic carbocycles. The van der Waals surface area contributed by atoms with Gasteiger partial charge in [0.25, 0.3) is 11.8 Å². The Morgan fingerprint density at radius 2 is 1.60 bits per heavy atom. The molecule has 2 amide bonds. The fourth-order valence-corrected chi connectivity index (χ4v) is 3.22. The van der Waals surface area contributed by atoms with Crippen molar-refractivity contribution in [3.05, 3.63) is 23.8 Å². The Hall–Kier alpha value is -2.28. The number of ether oxygens (including phenoxy) is 3. The molecule has 7 heteroatoms. The Kier molecular flexibility index (Phi) is 5.43. The Bertz CT molecular complexity index is 612. The molecule has 1 aromatic rings. The van der Waals surface area contributed by atoms with E-state index in [4.69, 9.17) is 14.2 Å². The summed E-state index contributed by atoms with van der Waals surface area (Å²) in [4.78, 5) is 28.7. The van der Waals surface area contributed by atoms with Gasteiger partial charge >= 0.3 is 0 Å². The first-order valence-corrected chi connectivity index (χ1v) is 8.55. The van der Waals surface area contributed by atoms with Crippen LogP contribution in [-0.2, 0) is 9.53 Å². The van der Waals surface area contributed by atoms with Crippen LogP contribution in [0, 0.1) is 0 Å². The summed E-state index contributed by atoms with van der Waals surface area (Å²) in [6.07, 6.45) is 1.43. The second kappa shape index (κ2) is 7.74. The van der Waals surface area contributed by atoms with Crippen molar-refractivity contribution in [1.29, 1.82) is 0 Å². The maximum atomic E-state index is 12.8. The van der Waals surface area contributed by atoms with Gasteiger partial charge in [-0.15, -0.1) is 0 Å². The van der Waals surface area contributed by atoms with Gasteiger partial charge in [0.2, 0.25) is 0 Å². The van der Waals surface area contributed by atoms with Crippen molar-refractivity contribution >= 4 is 11.8 Å². The predicted molar refractivity (Wildman–Crippen MR) is 91.0 cm³/mol. The maximum absolute atomic E-state index is 12.8. The van der Waals surface area contributed by atoms with Crippen LogP contribution in [0.3, 0.4) is 0 Å². The summed E-state index contributed by atoms with van der Waals surface area (Å²) < 4.78 is 15.9. The largest absolute Gasteiger partial charge is 0.497 e. The van der Waals surface area contributed by atoms with Crippen molar-refractivity contribution in [2.24, 2.45) is 0 Å². The van der Waals surface area contributed by atoms with Gasteiger partial charge in [0.05, 0.1) is 14.2 Å². The highest BCUT2D eigenvalue weighted by atomic mass is 16.5. The number of piperazine rings is 1. The Balaban J connectivity index is 1.62. The minimum Gasteiger partial charge on any atom is -0.497 e. The Labute approximate surface area is 147 Å². The van der Waals surface area contributed by atoms with Crippen LogP contribution in [0.1, 0.15) is 23.2 Å². The van der Waals surface area contributed by atoms with Crippen molar-refractivity contribution in [2.75, 3.05) is 47.0 Å². The van der Waals surface area contributed by atoms with Crippen LogP contribution in [0.2, 0.25) is 0 Å². The Morgan fingerprint density at radius 3 is 2.12 bits per heavy atom. The lowest BCUT2D eigenvalue weighted by Crippen LogP contribution is -2.52. The molecule has 2 heterocycles. The summed E-state index contributed by atoms with van der Waals surface area (Å²) >= 11 is 0. The highest BCUT2D eigenvalue weighted by Crippen LogP contribution is 2.24. The molecule has 136 valence electrons. The molecule has 3 rings (SSSR count). The van der Waals surface area contributed by atoms with Crippen LogP contribution in [0.25, 0.3) is 0 Å². The lowest BCUT2D eigenvalue weighted by molar-refractivity contribution is -0.142. The molecule has 2 fully saturated rings. The number of amides is 2. The van der Waals surface area contributed by atoms with Crippen molar-refractivity contribution in [1.82, 2.24) is 9.80 Å². The molecule has 0 bridgehead atoms. The Morgan fingerprint density at radius 1 is 1.00 bits per heavy atom. The van der Waals surface area contributed by atoms with Gasteiger partial charge in [-0.05, 0) is 25.0 Å². The number of rotatable bonds is 4. The first-order valence-electron chi connectivity index (χ1n) is 8.55. The molecule has 25 heavy (non-hydrogen) atoms. The van der Waals surface area contributed by atoms with Gasteiger partial charge in [-0.2, -0.15) is 0 Å². The smallest absolute Gasteiger partial charge is 0.254 e. The van der Waals surface area contributed by atoms with Gasteiger partial charge in [-0.1, -0.05) is 0 Å². The monoisotopic (exact) mass is 348 g/mol. The second-order valence-corrected chi connectivity index (χ2v) is 6.22. The minimum atomic E-state index is -0.301. The van der Waals surface area contributed by atoms with E-state index >= 15 is 0 Å². The molecule has 0 spiro atoms. The molecule has 0 N–H and O–H groups in total. The molecule has 2 aliphatic rings. The first kappa shape index (κ1) is 17.5. The molecule has 0 radical (unpaired) electrons. The molecule has 0 saturated carbocycles. The lowest BCUT2D eigenvalue weighted by atomic mass is 10.1. The zero-order valence-corrected chi connectivity index (χ0v) is 14.7. The van der Waals surface area contributed by atoms with E-state index in [0.717, 1.165) is 12.8 Å². The van der Waals surface area contributed by atoms with Crippen LogP contribution < -0.4 is 9.47 Å². The predicted octanol–water partition coefficient (Wildman–Crippen LogP) is 1.17. The van der Waals surface area contributed by atoms with E-state index in [2.05, 4.69) is 0 Å². The van der Waals surface area contributed by atoms with E-state index in [9.17, 15) is 9.59 Å². The number of hydrogen-bond donors (Lipinski definition) is 0. The SMILES string of the molecule is COc1cc(OC)cc(C(=O)N2CCN(C(=O)C3CCCO3)CC2)c1. The molecule has 1 unspecified atom stereocenters. The van der Waals surface area contributed by atoms with Crippen molar-refractivity contribution in [3.8, 4) is 11.5 Å². The molecule has 0 aromatic heterocycles. The molecule has 2 aliphatic heterocycles. The van der Waals surface area contributed by atoms with Gasteiger partial charge in [0, 0.05) is 44.4 Å². The number of carbonyl (C=O) groups is 2. The summed E-state index contributed by atoms with van der Waals surface area (Å²) in [5.41, 5.74) is 0.523. The van der Waals surface area contributed by atoms with Crippen LogP contribution in [0.4, 0.5) is 0 Å². The summed E-state index contributed by atoms with van der Waals surface area (Å²) in [5.74, 6) is 1.12. The average Bonchev–Trinajstić information content (AvgIpc) is 3.21.